The fourth-order valence-electron chi connectivity index (χ4n) is 2.36. The third-order valence-electron chi connectivity index (χ3n) is 4.01. The lowest BCUT2D eigenvalue weighted by Crippen LogP contribution is -2.45. The number of nitrogens with one attached hydrogen (secondary N) is 1. The van der Waals surface area contributed by atoms with Crippen LogP contribution < -0.4 is 5.32 Å². The largest absolute Gasteiger partial charge is 0.381 e. The molecule has 2 rings (SSSR count). The van der Waals surface area contributed by atoms with Crippen LogP contribution in [0.15, 0.2) is 0 Å². The van der Waals surface area contributed by atoms with Gasteiger partial charge in [0, 0.05) is 19.8 Å². The fraction of sp³-hybridized carbons (Fsp3) is 0.846. The number of amides is 1. The van der Waals surface area contributed by atoms with Gasteiger partial charge in [0.15, 0.2) is 0 Å². The topological polar surface area (TPSA) is 62.1 Å². The van der Waals surface area contributed by atoms with Crippen molar-refractivity contribution in [2.24, 2.45) is 17.3 Å². The molecular formula is C13H20N2O2. The molecule has 17 heavy (non-hydrogen) atoms. The first kappa shape index (κ1) is 12.4. The van der Waals surface area contributed by atoms with E-state index in [1.165, 1.54) is 12.8 Å². The van der Waals surface area contributed by atoms with Crippen LogP contribution in [-0.4, -0.2) is 25.7 Å². The summed E-state index contributed by atoms with van der Waals surface area (Å²) in [6, 6.07) is 2.19. The van der Waals surface area contributed by atoms with Gasteiger partial charge in [0.2, 0.25) is 5.91 Å². The Bertz CT molecular complexity index is 325. The second-order valence-electron chi connectivity index (χ2n) is 5.33. The van der Waals surface area contributed by atoms with Crippen LogP contribution >= 0.6 is 0 Å². The van der Waals surface area contributed by atoms with Crippen molar-refractivity contribution in [1.29, 1.82) is 5.26 Å². The van der Waals surface area contributed by atoms with Crippen molar-refractivity contribution >= 4 is 5.91 Å². The van der Waals surface area contributed by atoms with Gasteiger partial charge in [-0.2, -0.15) is 5.26 Å². The first-order valence-electron chi connectivity index (χ1n) is 6.45. The van der Waals surface area contributed by atoms with Gasteiger partial charge in [0.25, 0.3) is 0 Å². The Morgan fingerprint density at radius 3 is 2.71 bits per heavy atom. The second kappa shape index (κ2) is 5.05. The van der Waals surface area contributed by atoms with Crippen LogP contribution in [0.2, 0.25) is 0 Å². The van der Waals surface area contributed by atoms with Crippen molar-refractivity contribution in [2.45, 2.75) is 32.6 Å². The molecule has 1 atom stereocenters. The van der Waals surface area contributed by atoms with Crippen LogP contribution in [0, 0.1) is 28.6 Å². The molecule has 0 aromatic rings. The summed E-state index contributed by atoms with van der Waals surface area (Å²) in [5.41, 5.74) is -0.846. The maximum atomic E-state index is 12.1. The summed E-state index contributed by atoms with van der Waals surface area (Å²) in [7, 11) is 0. The number of carbonyl (C=O) groups excluding carboxylic acids is 1. The minimum atomic E-state index is -0.846. The summed E-state index contributed by atoms with van der Waals surface area (Å²) in [5, 5.41) is 12.2. The number of hydrogen-bond donors (Lipinski definition) is 1. The number of nitriles is 1. The standard InChI is InChI=1S/C13H20N2O2/c1-10(11-2-3-11)8-15-12(16)13(9-14)4-6-17-7-5-13/h10-11H,2-8H2,1H3,(H,15,16). The van der Waals surface area contributed by atoms with Crippen LogP contribution in [0.5, 0.6) is 0 Å². The molecule has 0 spiro atoms. The molecule has 2 aliphatic rings. The highest BCUT2D eigenvalue weighted by Crippen LogP contribution is 2.36. The Morgan fingerprint density at radius 1 is 1.53 bits per heavy atom. The van der Waals surface area contributed by atoms with Crippen LogP contribution in [-0.2, 0) is 9.53 Å². The third kappa shape index (κ3) is 2.78. The van der Waals surface area contributed by atoms with Gasteiger partial charge < -0.3 is 10.1 Å². The molecule has 4 heteroatoms. The van der Waals surface area contributed by atoms with Gasteiger partial charge in [-0.3, -0.25) is 4.79 Å². The zero-order chi connectivity index (χ0) is 12.3. The monoisotopic (exact) mass is 236 g/mol. The summed E-state index contributed by atoms with van der Waals surface area (Å²) in [6.07, 6.45) is 3.61. The number of ether oxygens (including phenoxy) is 1. The van der Waals surface area contributed by atoms with Gasteiger partial charge in [-0.25, -0.2) is 0 Å². The Balaban J connectivity index is 1.86. The van der Waals surface area contributed by atoms with Crippen LogP contribution in [0.25, 0.3) is 0 Å². The summed E-state index contributed by atoms with van der Waals surface area (Å²) in [4.78, 5) is 12.1. The van der Waals surface area contributed by atoms with Gasteiger partial charge in [0.1, 0.15) is 5.41 Å². The van der Waals surface area contributed by atoms with Crippen molar-refractivity contribution in [3.8, 4) is 6.07 Å². The summed E-state index contributed by atoms with van der Waals surface area (Å²) in [5.74, 6) is 1.22. The van der Waals surface area contributed by atoms with Crippen LogP contribution in [0.3, 0.4) is 0 Å². The number of nitrogens with zero attached hydrogens (tertiary/aromatic N) is 1. The Labute approximate surface area is 102 Å². The number of rotatable bonds is 4. The van der Waals surface area contributed by atoms with E-state index in [0.29, 0.717) is 38.5 Å². The van der Waals surface area contributed by atoms with Gasteiger partial charge in [-0.05, 0) is 37.5 Å². The SMILES string of the molecule is CC(CNC(=O)C1(C#N)CCOCC1)C1CC1. The van der Waals surface area contributed by atoms with Crippen molar-refractivity contribution in [3.05, 3.63) is 0 Å². The molecule has 0 aromatic heterocycles. The highest BCUT2D eigenvalue weighted by Gasteiger charge is 2.40. The number of carbonyl (C=O) groups is 1. The average Bonchev–Trinajstić information content (AvgIpc) is 3.20. The molecule has 0 bridgehead atoms. The Kier molecular flexibility index (Phi) is 3.68. The predicted molar refractivity (Wildman–Crippen MR) is 63.0 cm³/mol. The van der Waals surface area contributed by atoms with E-state index in [1.54, 1.807) is 0 Å². The third-order valence-corrected chi connectivity index (χ3v) is 4.01. The van der Waals surface area contributed by atoms with Crippen molar-refractivity contribution < 1.29 is 9.53 Å². The molecule has 1 heterocycles. The van der Waals surface area contributed by atoms with E-state index in [0.717, 1.165) is 5.92 Å². The quantitative estimate of drug-likeness (QED) is 0.804. The van der Waals surface area contributed by atoms with E-state index in [2.05, 4.69) is 18.3 Å². The van der Waals surface area contributed by atoms with Crippen LogP contribution in [0.1, 0.15) is 32.6 Å². The Morgan fingerprint density at radius 2 is 2.18 bits per heavy atom. The first-order valence-corrected chi connectivity index (χ1v) is 6.45. The van der Waals surface area contributed by atoms with E-state index < -0.39 is 5.41 Å². The first-order chi connectivity index (χ1) is 8.18. The van der Waals surface area contributed by atoms with Gasteiger partial charge in [0.05, 0.1) is 6.07 Å². The van der Waals surface area contributed by atoms with Gasteiger partial charge in [-0.15, -0.1) is 0 Å². The van der Waals surface area contributed by atoms with Gasteiger partial charge in [-0.1, -0.05) is 6.92 Å². The van der Waals surface area contributed by atoms with Gasteiger partial charge >= 0.3 is 0 Å². The lowest BCUT2D eigenvalue weighted by molar-refractivity contribution is -0.132. The molecule has 0 aromatic carbocycles. The van der Waals surface area contributed by atoms with E-state index >= 15 is 0 Å². The molecule has 0 radical (unpaired) electrons. The molecule has 4 nitrogen and oxygen atoms in total. The Hall–Kier alpha value is -1.08. The summed E-state index contributed by atoms with van der Waals surface area (Å²) < 4.78 is 5.22. The summed E-state index contributed by atoms with van der Waals surface area (Å²) >= 11 is 0. The van der Waals surface area contributed by atoms with Crippen molar-refractivity contribution in [3.63, 3.8) is 0 Å². The maximum Gasteiger partial charge on any atom is 0.240 e. The normalized spacial score (nSPS) is 24.7. The zero-order valence-corrected chi connectivity index (χ0v) is 10.4. The lowest BCUT2D eigenvalue weighted by atomic mass is 9.81. The molecule has 2 fully saturated rings. The molecule has 1 unspecified atom stereocenters. The lowest BCUT2D eigenvalue weighted by Gasteiger charge is -2.29. The number of hydrogen-bond acceptors (Lipinski definition) is 3. The van der Waals surface area contributed by atoms with E-state index in [4.69, 9.17) is 4.74 Å². The highest BCUT2D eigenvalue weighted by atomic mass is 16.5. The molecule has 1 aliphatic carbocycles. The smallest absolute Gasteiger partial charge is 0.240 e. The van der Waals surface area contributed by atoms with E-state index in [-0.39, 0.29) is 5.91 Å². The van der Waals surface area contributed by atoms with Crippen LogP contribution in [0.4, 0.5) is 0 Å². The molecule has 1 N–H and O–H groups in total. The molecule has 94 valence electrons. The average molecular weight is 236 g/mol. The van der Waals surface area contributed by atoms with Crippen molar-refractivity contribution in [1.82, 2.24) is 5.32 Å². The molecule has 1 saturated heterocycles. The highest BCUT2D eigenvalue weighted by molar-refractivity contribution is 5.85. The van der Waals surface area contributed by atoms with E-state index in [9.17, 15) is 10.1 Å². The fourth-order valence-corrected chi connectivity index (χ4v) is 2.36. The molecule has 1 amide bonds. The second-order valence-corrected chi connectivity index (χ2v) is 5.33. The minimum Gasteiger partial charge on any atom is -0.381 e. The molecule has 1 saturated carbocycles. The minimum absolute atomic E-state index is 0.101. The summed E-state index contributed by atoms with van der Waals surface area (Å²) in [6.45, 7) is 3.90. The van der Waals surface area contributed by atoms with E-state index in [1.807, 2.05) is 0 Å². The molecular weight excluding hydrogens is 216 g/mol. The predicted octanol–water partition coefficient (Wildman–Crippen LogP) is 1.47. The zero-order valence-electron chi connectivity index (χ0n) is 10.4. The van der Waals surface area contributed by atoms with Crippen molar-refractivity contribution in [2.75, 3.05) is 19.8 Å². The molecule has 1 aliphatic heterocycles. The maximum absolute atomic E-state index is 12.1.